The molecule has 1 aromatic carbocycles. The van der Waals surface area contributed by atoms with Gasteiger partial charge in [-0.3, -0.25) is 4.98 Å². The minimum Gasteiger partial charge on any atom is -0.496 e. The van der Waals surface area contributed by atoms with Crippen LogP contribution in [0.15, 0.2) is 53.0 Å². The molecule has 7 nitrogen and oxygen atoms in total. The van der Waals surface area contributed by atoms with Crippen molar-refractivity contribution in [2.75, 3.05) is 57.8 Å². The number of hydrogen-bond donors (Lipinski definition) is 0. The molecule has 9 heteroatoms. The van der Waals surface area contributed by atoms with Crippen molar-refractivity contribution in [3.8, 4) is 5.75 Å². The summed E-state index contributed by atoms with van der Waals surface area (Å²) in [5.41, 5.74) is 1.25. The van der Waals surface area contributed by atoms with Gasteiger partial charge in [-0.15, -0.1) is 11.3 Å². The lowest BCUT2D eigenvalue weighted by Gasteiger charge is -2.38. The highest BCUT2D eigenvalue weighted by Gasteiger charge is 2.31. The number of pyridine rings is 1. The number of sulfonamides is 1. The maximum Gasteiger partial charge on any atom is 0.252 e. The van der Waals surface area contributed by atoms with Crippen LogP contribution in [0.4, 0.5) is 5.69 Å². The molecule has 0 N–H and O–H groups in total. The summed E-state index contributed by atoms with van der Waals surface area (Å²) >= 11 is 1.32. The quantitative estimate of drug-likeness (QED) is 0.531. The van der Waals surface area contributed by atoms with Crippen molar-refractivity contribution in [2.45, 2.75) is 17.1 Å². The average molecular weight is 487 g/mol. The summed E-state index contributed by atoms with van der Waals surface area (Å²) in [4.78, 5) is 8.98. The number of hydrogen-bond acceptors (Lipinski definition) is 7. The number of fused-ring (bicyclic) bond motifs is 1. The van der Waals surface area contributed by atoms with Crippen LogP contribution in [0.3, 0.4) is 0 Å². The second kappa shape index (κ2) is 9.58. The van der Waals surface area contributed by atoms with Crippen LogP contribution in [-0.2, 0) is 10.0 Å². The summed E-state index contributed by atoms with van der Waals surface area (Å²) in [6.07, 6.45) is 6.05. The Bertz CT molecular complexity index is 1180. The Morgan fingerprint density at radius 1 is 1.03 bits per heavy atom. The first-order chi connectivity index (χ1) is 16.0. The van der Waals surface area contributed by atoms with Crippen LogP contribution in [0, 0.1) is 5.92 Å². The Kier molecular flexibility index (Phi) is 6.56. The molecule has 0 amide bonds. The van der Waals surface area contributed by atoms with Gasteiger partial charge in [0, 0.05) is 74.0 Å². The number of rotatable bonds is 6. The predicted octanol–water partition coefficient (Wildman–Crippen LogP) is 3.53. The lowest BCUT2D eigenvalue weighted by Crippen LogP contribution is -2.50. The Balaban J connectivity index is 1.16. The zero-order valence-electron chi connectivity index (χ0n) is 18.9. The number of ether oxygens (including phenoxy) is 1. The molecule has 0 radical (unpaired) electrons. The lowest BCUT2D eigenvalue weighted by atomic mass is 9.95. The van der Waals surface area contributed by atoms with Gasteiger partial charge in [-0.05, 0) is 49.1 Å². The predicted molar refractivity (Wildman–Crippen MR) is 133 cm³/mol. The Labute approximate surface area is 199 Å². The zero-order chi connectivity index (χ0) is 22.8. The highest BCUT2D eigenvalue weighted by Crippen LogP contribution is 2.36. The van der Waals surface area contributed by atoms with Gasteiger partial charge in [0.15, 0.2) is 0 Å². The van der Waals surface area contributed by atoms with Gasteiger partial charge in [-0.1, -0.05) is 6.07 Å². The summed E-state index contributed by atoms with van der Waals surface area (Å²) in [7, 11) is -1.87. The number of nitrogens with zero attached hydrogens (tertiary/aromatic N) is 4. The van der Waals surface area contributed by atoms with Gasteiger partial charge < -0.3 is 14.5 Å². The van der Waals surface area contributed by atoms with E-state index < -0.39 is 10.0 Å². The minimum atomic E-state index is -3.49. The molecule has 2 aromatic heterocycles. The van der Waals surface area contributed by atoms with E-state index in [0.29, 0.717) is 29.0 Å². The van der Waals surface area contributed by atoms with Gasteiger partial charge in [-0.25, -0.2) is 8.42 Å². The third kappa shape index (κ3) is 4.73. The maximum atomic E-state index is 13.3. The molecule has 0 unspecified atom stereocenters. The number of methoxy groups -OCH3 is 1. The molecule has 0 bridgehead atoms. The molecule has 2 aliphatic heterocycles. The molecule has 0 spiro atoms. The summed E-state index contributed by atoms with van der Waals surface area (Å²) in [6.45, 7) is 5.86. The Morgan fingerprint density at radius 2 is 1.76 bits per heavy atom. The van der Waals surface area contributed by atoms with Gasteiger partial charge in [0.2, 0.25) is 0 Å². The van der Waals surface area contributed by atoms with Crippen LogP contribution in [0.5, 0.6) is 5.75 Å². The van der Waals surface area contributed by atoms with Crippen LogP contribution in [0.2, 0.25) is 0 Å². The first kappa shape index (κ1) is 22.6. The zero-order valence-corrected chi connectivity index (χ0v) is 20.5. The average Bonchev–Trinajstić information content (AvgIpc) is 3.31. The number of piperazine rings is 1. The summed E-state index contributed by atoms with van der Waals surface area (Å²) in [5.74, 6) is 1.38. The number of aromatic nitrogens is 1. The summed E-state index contributed by atoms with van der Waals surface area (Å²) in [6, 6.07) is 11.6. The summed E-state index contributed by atoms with van der Waals surface area (Å²) in [5, 5.41) is 0.861. The fourth-order valence-electron chi connectivity index (χ4n) is 4.89. The van der Waals surface area contributed by atoms with Crippen molar-refractivity contribution in [1.82, 2.24) is 14.2 Å². The normalized spacial score (nSPS) is 19.2. The van der Waals surface area contributed by atoms with Crippen LogP contribution >= 0.6 is 11.3 Å². The number of benzene rings is 1. The molecular weight excluding hydrogens is 456 g/mol. The molecule has 33 heavy (non-hydrogen) atoms. The molecule has 0 aliphatic carbocycles. The van der Waals surface area contributed by atoms with E-state index in [1.54, 1.807) is 17.5 Å². The Hall–Kier alpha value is -2.20. The van der Waals surface area contributed by atoms with Gasteiger partial charge in [0.1, 0.15) is 9.96 Å². The molecule has 4 heterocycles. The third-order valence-electron chi connectivity index (χ3n) is 6.80. The number of thiophene rings is 1. The van der Waals surface area contributed by atoms with E-state index in [2.05, 4.69) is 26.9 Å². The number of piperidine rings is 1. The van der Waals surface area contributed by atoms with Gasteiger partial charge in [0.05, 0.1) is 7.11 Å². The van der Waals surface area contributed by atoms with E-state index in [0.717, 1.165) is 42.8 Å². The van der Waals surface area contributed by atoms with Crippen LogP contribution < -0.4 is 9.64 Å². The van der Waals surface area contributed by atoms with Crippen LogP contribution in [0.1, 0.15) is 12.8 Å². The monoisotopic (exact) mass is 486 g/mol. The highest BCUT2D eigenvalue weighted by molar-refractivity contribution is 7.91. The van der Waals surface area contributed by atoms with E-state index >= 15 is 0 Å². The molecule has 5 rings (SSSR count). The molecule has 2 aliphatic rings. The smallest absolute Gasteiger partial charge is 0.252 e. The van der Waals surface area contributed by atoms with Crippen molar-refractivity contribution >= 4 is 37.1 Å². The van der Waals surface area contributed by atoms with Crippen LogP contribution in [-0.4, -0.2) is 75.5 Å². The standard InChI is InChI=1S/C24H30N4O3S2/c1-31-22-3-2-4-23-21(22)17-24(32-23)33(29,30)28-15-13-26(14-16-28)18-19-7-11-27(12-8-19)20-5-9-25-10-6-20/h2-6,9-10,17,19H,7-8,11-16,18H2,1H3. The van der Waals surface area contributed by atoms with E-state index in [-0.39, 0.29) is 0 Å². The molecule has 0 atom stereocenters. The highest BCUT2D eigenvalue weighted by atomic mass is 32.2. The molecule has 176 valence electrons. The summed E-state index contributed by atoms with van der Waals surface area (Å²) < 4.78 is 35.0. The first-order valence-electron chi connectivity index (χ1n) is 11.5. The van der Waals surface area contributed by atoms with Gasteiger partial charge in [0.25, 0.3) is 10.0 Å². The lowest BCUT2D eigenvalue weighted by molar-refractivity contribution is 0.155. The first-order valence-corrected chi connectivity index (χ1v) is 13.7. The fraction of sp³-hybridized carbons (Fsp3) is 0.458. The third-order valence-corrected chi connectivity index (χ3v) is 10.3. The molecule has 0 saturated carbocycles. The maximum absolute atomic E-state index is 13.3. The SMILES string of the molecule is COc1cccc2sc(S(=O)(=O)N3CCN(CC4CCN(c5ccncc5)CC4)CC3)cc12. The molecule has 3 aromatic rings. The fourth-order valence-corrected chi connectivity index (χ4v) is 7.87. The molecule has 2 fully saturated rings. The number of anilines is 1. The minimum absolute atomic E-state index is 0.402. The second-order valence-corrected chi connectivity index (χ2v) is 12.0. The van der Waals surface area contributed by atoms with Gasteiger partial charge in [-0.2, -0.15) is 4.31 Å². The van der Waals surface area contributed by atoms with Crippen molar-refractivity contribution in [3.05, 3.63) is 48.8 Å². The van der Waals surface area contributed by atoms with E-state index in [1.807, 2.05) is 30.6 Å². The second-order valence-electron chi connectivity index (χ2n) is 8.78. The van der Waals surface area contributed by atoms with E-state index in [4.69, 9.17) is 4.74 Å². The van der Waals surface area contributed by atoms with Gasteiger partial charge >= 0.3 is 0 Å². The van der Waals surface area contributed by atoms with E-state index in [1.165, 1.54) is 29.9 Å². The van der Waals surface area contributed by atoms with Crippen molar-refractivity contribution in [2.24, 2.45) is 5.92 Å². The van der Waals surface area contributed by atoms with Crippen molar-refractivity contribution in [3.63, 3.8) is 0 Å². The largest absolute Gasteiger partial charge is 0.496 e. The van der Waals surface area contributed by atoms with Crippen molar-refractivity contribution in [1.29, 1.82) is 0 Å². The molecular formula is C24H30N4O3S2. The van der Waals surface area contributed by atoms with Crippen LogP contribution in [0.25, 0.3) is 10.1 Å². The van der Waals surface area contributed by atoms with E-state index in [9.17, 15) is 8.42 Å². The molecule has 2 saturated heterocycles. The van der Waals surface area contributed by atoms with Crippen molar-refractivity contribution < 1.29 is 13.2 Å². The topological polar surface area (TPSA) is 66.0 Å². The Morgan fingerprint density at radius 3 is 2.45 bits per heavy atom.